The number of ether oxygens (including phenoxy) is 1. The van der Waals surface area contributed by atoms with Crippen molar-refractivity contribution in [3.63, 3.8) is 0 Å². The second kappa shape index (κ2) is 8.06. The maximum Gasteiger partial charge on any atom is 0.119 e. The highest BCUT2D eigenvalue weighted by molar-refractivity contribution is 6.30. The second-order valence-corrected chi connectivity index (χ2v) is 5.63. The Hall–Kier alpha value is -1.51. The number of halogens is 1. The van der Waals surface area contributed by atoms with Crippen LogP contribution in [-0.2, 0) is 13.0 Å². The Kier molecular flexibility index (Phi) is 6.09. The molecule has 0 amide bonds. The summed E-state index contributed by atoms with van der Waals surface area (Å²) < 4.78 is 5.44. The molecule has 3 heteroatoms. The zero-order valence-corrected chi connectivity index (χ0v) is 13.4. The second-order valence-electron chi connectivity index (χ2n) is 5.19. The largest absolute Gasteiger partial charge is 0.494 e. The highest BCUT2D eigenvalue weighted by Crippen LogP contribution is 2.13. The molecule has 0 saturated heterocycles. The van der Waals surface area contributed by atoms with Crippen molar-refractivity contribution in [2.45, 2.75) is 32.9 Å². The van der Waals surface area contributed by atoms with Gasteiger partial charge in [0.15, 0.2) is 0 Å². The molecule has 21 heavy (non-hydrogen) atoms. The first-order chi connectivity index (χ1) is 10.2. The monoisotopic (exact) mass is 303 g/mol. The maximum absolute atomic E-state index is 5.90. The number of benzene rings is 2. The van der Waals surface area contributed by atoms with Gasteiger partial charge in [0.25, 0.3) is 0 Å². The molecule has 0 aliphatic heterocycles. The van der Waals surface area contributed by atoms with Crippen LogP contribution in [0.3, 0.4) is 0 Å². The van der Waals surface area contributed by atoms with Crippen molar-refractivity contribution in [1.82, 2.24) is 5.32 Å². The van der Waals surface area contributed by atoms with Crippen molar-refractivity contribution < 1.29 is 4.74 Å². The summed E-state index contributed by atoms with van der Waals surface area (Å²) in [6, 6.07) is 16.7. The third-order valence-corrected chi connectivity index (χ3v) is 3.60. The summed E-state index contributed by atoms with van der Waals surface area (Å²) in [4.78, 5) is 0. The zero-order valence-electron chi connectivity index (χ0n) is 12.6. The first kappa shape index (κ1) is 15.9. The predicted octanol–water partition coefficient (Wildman–Crippen LogP) is 4.46. The lowest BCUT2D eigenvalue weighted by molar-refractivity contribution is 0.340. The maximum atomic E-state index is 5.90. The summed E-state index contributed by atoms with van der Waals surface area (Å²) in [6.45, 7) is 5.76. The molecule has 2 aromatic rings. The zero-order chi connectivity index (χ0) is 15.1. The van der Waals surface area contributed by atoms with Gasteiger partial charge in [-0.2, -0.15) is 0 Å². The quantitative estimate of drug-likeness (QED) is 0.815. The van der Waals surface area contributed by atoms with Crippen molar-refractivity contribution in [3.05, 3.63) is 64.7 Å². The minimum atomic E-state index is 0.415. The van der Waals surface area contributed by atoms with E-state index in [1.165, 1.54) is 11.1 Å². The topological polar surface area (TPSA) is 21.3 Å². The van der Waals surface area contributed by atoms with Crippen molar-refractivity contribution in [1.29, 1.82) is 0 Å². The fourth-order valence-corrected chi connectivity index (χ4v) is 2.33. The van der Waals surface area contributed by atoms with Crippen molar-refractivity contribution >= 4 is 11.6 Å². The summed E-state index contributed by atoms with van der Waals surface area (Å²) in [5.74, 6) is 0.926. The fraction of sp³-hybridized carbons (Fsp3) is 0.333. The SMILES string of the molecule is CCOc1ccc(CNC(C)Cc2ccc(Cl)cc2)cc1. The van der Waals surface area contributed by atoms with Crippen LogP contribution < -0.4 is 10.1 Å². The van der Waals surface area contributed by atoms with Gasteiger partial charge in [-0.05, 0) is 55.7 Å². The Balaban J connectivity index is 1.80. The van der Waals surface area contributed by atoms with E-state index in [1.807, 2.05) is 31.2 Å². The molecule has 0 heterocycles. The van der Waals surface area contributed by atoms with Crippen LogP contribution >= 0.6 is 11.6 Å². The molecule has 2 nitrogen and oxygen atoms in total. The van der Waals surface area contributed by atoms with Crippen LogP contribution in [-0.4, -0.2) is 12.6 Å². The summed E-state index contributed by atoms with van der Waals surface area (Å²) in [5.41, 5.74) is 2.56. The summed E-state index contributed by atoms with van der Waals surface area (Å²) in [5, 5.41) is 4.33. The molecule has 2 aromatic carbocycles. The van der Waals surface area contributed by atoms with Gasteiger partial charge in [0.05, 0.1) is 6.61 Å². The smallest absolute Gasteiger partial charge is 0.119 e. The molecule has 0 aromatic heterocycles. The normalized spacial score (nSPS) is 12.1. The van der Waals surface area contributed by atoms with Crippen molar-refractivity contribution in [3.8, 4) is 5.75 Å². The lowest BCUT2D eigenvalue weighted by Gasteiger charge is -2.14. The number of rotatable bonds is 7. The molecule has 1 N–H and O–H groups in total. The average molecular weight is 304 g/mol. The van der Waals surface area contributed by atoms with E-state index in [1.54, 1.807) is 0 Å². The average Bonchev–Trinajstić information content (AvgIpc) is 2.49. The van der Waals surface area contributed by atoms with Crippen LogP contribution in [0.2, 0.25) is 5.02 Å². The van der Waals surface area contributed by atoms with E-state index in [4.69, 9.17) is 16.3 Å². The van der Waals surface area contributed by atoms with Crippen LogP contribution in [0.5, 0.6) is 5.75 Å². The molecule has 0 fully saturated rings. The van der Waals surface area contributed by atoms with Gasteiger partial charge in [0.1, 0.15) is 5.75 Å². The molecule has 1 atom stereocenters. The Morgan fingerprint density at radius 3 is 2.24 bits per heavy atom. The van der Waals surface area contributed by atoms with Gasteiger partial charge >= 0.3 is 0 Å². The van der Waals surface area contributed by atoms with E-state index in [-0.39, 0.29) is 0 Å². The Labute approximate surface area is 132 Å². The van der Waals surface area contributed by atoms with E-state index in [2.05, 4.69) is 36.5 Å². The van der Waals surface area contributed by atoms with Gasteiger partial charge in [-0.3, -0.25) is 0 Å². The van der Waals surface area contributed by atoms with Gasteiger partial charge in [-0.15, -0.1) is 0 Å². The molecule has 0 saturated carbocycles. The molecule has 0 bridgehead atoms. The molecular weight excluding hydrogens is 282 g/mol. The van der Waals surface area contributed by atoms with Crippen LogP contribution in [0.1, 0.15) is 25.0 Å². The number of hydrogen-bond donors (Lipinski definition) is 1. The van der Waals surface area contributed by atoms with Crippen molar-refractivity contribution in [2.24, 2.45) is 0 Å². The molecule has 2 rings (SSSR count). The molecule has 0 radical (unpaired) electrons. The third-order valence-electron chi connectivity index (χ3n) is 3.34. The third kappa shape index (κ3) is 5.41. The summed E-state index contributed by atoms with van der Waals surface area (Å²) in [7, 11) is 0. The van der Waals surface area contributed by atoms with Crippen LogP contribution in [0.15, 0.2) is 48.5 Å². The summed E-state index contributed by atoms with van der Waals surface area (Å²) in [6.07, 6.45) is 0.994. The van der Waals surface area contributed by atoms with Gasteiger partial charge < -0.3 is 10.1 Å². The van der Waals surface area contributed by atoms with E-state index < -0.39 is 0 Å². The van der Waals surface area contributed by atoms with Gasteiger partial charge in [-0.25, -0.2) is 0 Å². The lowest BCUT2D eigenvalue weighted by atomic mass is 10.1. The van der Waals surface area contributed by atoms with Crippen LogP contribution in [0, 0.1) is 0 Å². The molecule has 0 spiro atoms. The minimum Gasteiger partial charge on any atom is -0.494 e. The van der Waals surface area contributed by atoms with Gasteiger partial charge in [0.2, 0.25) is 0 Å². The van der Waals surface area contributed by atoms with Crippen molar-refractivity contribution in [2.75, 3.05) is 6.61 Å². The van der Waals surface area contributed by atoms with E-state index >= 15 is 0 Å². The first-order valence-corrected chi connectivity index (χ1v) is 7.74. The van der Waals surface area contributed by atoms with E-state index in [9.17, 15) is 0 Å². The van der Waals surface area contributed by atoms with Gasteiger partial charge in [0, 0.05) is 17.6 Å². The number of hydrogen-bond acceptors (Lipinski definition) is 2. The summed E-state index contributed by atoms with van der Waals surface area (Å²) >= 11 is 5.90. The Bertz CT molecular complexity index is 536. The Morgan fingerprint density at radius 1 is 1.00 bits per heavy atom. The molecule has 0 aliphatic rings. The predicted molar refractivity (Wildman–Crippen MR) is 89.1 cm³/mol. The highest BCUT2D eigenvalue weighted by Gasteiger charge is 2.03. The molecule has 112 valence electrons. The standard InChI is InChI=1S/C18H22ClNO/c1-3-21-18-10-6-16(7-11-18)13-20-14(2)12-15-4-8-17(19)9-5-15/h4-11,14,20H,3,12-13H2,1-2H3. The molecular formula is C18H22ClNO. The first-order valence-electron chi connectivity index (χ1n) is 7.37. The fourth-order valence-electron chi connectivity index (χ4n) is 2.21. The van der Waals surface area contributed by atoms with Crippen LogP contribution in [0.4, 0.5) is 0 Å². The molecule has 0 aliphatic carbocycles. The lowest BCUT2D eigenvalue weighted by Crippen LogP contribution is -2.27. The Morgan fingerprint density at radius 2 is 1.62 bits per heavy atom. The van der Waals surface area contributed by atoms with E-state index in [0.717, 1.165) is 23.7 Å². The molecule has 1 unspecified atom stereocenters. The number of nitrogens with one attached hydrogen (secondary N) is 1. The highest BCUT2D eigenvalue weighted by atomic mass is 35.5. The van der Waals surface area contributed by atoms with Crippen LogP contribution in [0.25, 0.3) is 0 Å². The van der Waals surface area contributed by atoms with E-state index in [0.29, 0.717) is 12.6 Å². The minimum absolute atomic E-state index is 0.415. The van der Waals surface area contributed by atoms with Gasteiger partial charge in [-0.1, -0.05) is 35.9 Å².